The average Bonchev–Trinajstić information content (AvgIpc) is 2.41. The highest BCUT2D eigenvalue weighted by molar-refractivity contribution is 7.92. The molecule has 0 aliphatic rings. The van der Waals surface area contributed by atoms with E-state index in [0.717, 1.165) is 30.6 Å². The summed E-state index contributed by atoms with van der Waals surface area (Å²) in [6.07, 6.45) is 1.79. The van der Waals surface area contributed by atoms with Crippen LogP contribution in [0.2, 0.25) is 0 Å². The lowest BCUT2D eigenvalue weighted by Crippen LogP contribution is -2.14. The van der Waals surface area contributed by atoms with E-state index in [0.29, 0.717) is 0 Å². The van der Waals surface area contributed by atoms with Gasteiger partial charge in [0, 0.05) is 6.20 Å². The van der Waals surface area contributed by atoms with Crippen LogP contribution in [0.25, 0.3) is 0 Å². The summed E-state index contributed by atoms with van der Waals surface area (Å²) in [5, 5.41) is 8.59. The molecule has 0 radical (unpaired) electrons. The fourth-order valence-corrected chi connectivity index (χ4v) is 2.45. The second-order valence-electron chi connectivity index (χ2n) is 3.75. The molecule has 2 aromatic rings. The van der Waals surface area contributed by atoms with Gasteiger partial charge >= 0.3 is 0 Å². The molecule has 1 N–H and O–H groups in total. The topological polar surface area (TPSA) is 82.9 Å². The number of hydrogen-bond donors (Lipinski definition) is 1. The molecule has 1 heterocycles. The van der Waals surface area contributed by atoms with Crippen LogP contribution in [0, 0.1) is 23.0 Å². The number of anilines is 1. The summed E-state index contributed by atoms with van der Waals surface area (Å²) in [5.41, 5.74) is -0.286. The summed E-state index contributed by atoms with van der Waals surface area (Å²) in [7, 11) is -4.15. The molecule has 0 aliphatic carbocycles. The van der Waals surface area contributed by atoms with Crippen molar-refractivity contribution in [2.45, 2.75) is 4.90 Å². The standard InChI is InChI=1S/C12H7F2N3O2S/c13-9-4-10(7-16-6-9)20(18,19)17-12-2-1-8(5-15)3-11(12)14/h1-4,6-7,17H. The zero-order valence-corrected chi connectivity index (χ0v) is 10.7. The molecule has 0 atom stereocenters. The number of nitrogens with zero attached hydrogens (tertiary/aromatic N) is 2. The Bertz CT molecular complexity index is 801. The van der Waals surface area contributed by atoms with Gasteiger partial charge in [0.1, 0.15) is 16.5 Å². The van der Waals surface area contributed by atoms with Crippen molar-refractivity contribution in [1.29, 1.82) is 5.26 Å². The zero-order chi connectivity index (χ0) is 14.8. The minimum atomic E-state index is -4.15. The van der Waals surface area contributed by atoms with Crippen LogP contribution in [0.3, 0.4) is 0 Å². The van der Waals surface area contributed by atoms with Crippen molar-refractivity contribution in [3.05, 3.63) is 53.9 Å². The summed E-state index contributed by atoms with van der Waals surface area (Å²) < 4.78 is 52.3. The van der Waals surface area contributed by atoms with Crippen molar-refractivity contribution in [2.75, 3.05) is 4.72 Å². The van der Waals surface area contributed by atoms with Crippen LogP contribution in [0.4, 0.5) is 14.5 Å². The summed E-state index contributed by atoms with van der Waals surface area (Å²) in [5.74, 6) is -1.73. The van der Waals surface area contributed by atoms with Crippen LogP contribution in [-0.4, -0.2) is 13.4 Å². The average molecular weight is 295 g/mol. The van der Waals surface area contributed by atoms with Gasteiger partial charge in [-0.05, 0) is 24.3 Å². The molecule has 1 aromatic carbocycles. The molecule has 8 heteroatoms. The lowest BCUT2D eigenvalue weighted by atomic mass is 10.2. The zero-order valence-electron chi connectivity index (χ0n) is 9.84. The van der Waals surface area contributed by atoms with Gasteiger partial charge in [-0.3, -0.25) is 9.71 Å². The smallest absolute Gasteiger partial charge is 0.263 e. The highest BCUT2D eigenvalue weighted by atomic mass is 32.2. The number of pyridine rings is 1. The van der Waals surface area contributed by atoms with Crippen molar-refractivity contribution >= 4 is 15.7 Å². The minimum Gasteiger partial charge on any atom is -0.277 e. The Kier molecular flexibility index (Phi) is 3.63. The van der Waals surface area contributed by atoms with Crippen molar-refractivity contribution in [3.8, 4) is 6.07 Å². The molecule has 0 aliphatic heterocycles. The summed E-state index contributed by atoms with van der Waals surface area (Å²) in [6, 6.07) is 5.74. The maximum Gasteiger partial charge on any atom is 0.263 e. The van der Waals surface area contributed by atoms with Crippen molar-refractivity contribution in [1.82, 2.24) is 4.98 Å². The number of rotatable bonds is 3. The number of sulfonamides is 1. The van der Waals surface area contributed by atoms with Gasteiger partial charge in [-0.2, -0.15) is 5.26 Å². The predicted molar refractivity (Wildman–Crippen MR) is 66.1 cm³/mol. The third kappa shape index (κ3) is 2.89. The Hall–Kier alpha value is -2.53. The predicted octanol–water partition coefficient (Wildman–Crippen LogP) is 2.03. The molecule has 0 bridgehead atoms. The Morgan fingerprint density at radius 1 is 1.20 bits per heavy atom. The number of aromatic nitrogens is 1. The molecule has 102 valence electrons. The van der Waals surface area contributed by atoms with Crippen LogP contribution < -0.4 is 4.72 Å². The van der Waals surface area contributed by atoms with Crippen molar-refractivity contribution < 1.29 is 17.2 Å². The van der Waals surface area contributed by atoms with Crippen LogP contribution in [0.15, 0.2) is 41.6 Å². The second kappa shape index (κ2) is 5.22. The summed E-state index contributed by atoms with van der Waals surface area (Å²) in [6.45, 7) is 0. The Balaban J connectivity index is 2.36. The Morgan fingerprint density at radius 3 is 2.55 bits per heavy atom. The first-order valence-electron chi connectivity index (χ1n) is 5.25. The van der Waals surface area contributed by atoms with E-state index in [-0.39, 0.29) is 11.3 Å². The van der Waals surface area contributed by atoms with Gasteiger partial charge < -0.3 is 0 Å². The van der Waals surface area contributed by atoms with Crippen LogP contribution in [0.1, 0.15) is 5.56 Å². The first kappa shape index (κ1) is 13.9. The molecule has 0 amide bonds. The molecular weight excluding hydrogens is 288 g/mol. The molecule has 0 unspecified atom stereocenters. The number of nitriles is 1. The third-order valence-corrected chi connectivity index (χ3v) is 3.67. The van der Waals surface area contributed by atoms with Gasteiger partial charge in [0.25, 0.3) is 10.0 Å². The van der Waals surface area contributed by atoms with E-state index in [1.165, 1.54) is 6.07 Å². The molecular formula is C12H7F2N3O2S. The fourth-order valence-electron chi connectivity index (χ4n) is 1.41. The first-order valence-corrected chi connectivity index (χ1v) is 6.74. The molecule has 0 spiro atoms. The summed E-state index contributed by atoms with van der Waals surface area (Å²) in [4.78, 5) is 2.98. The monoisotopic (exact) mass is 295 g/mol. The van der Waals surface area contributed by atoms with Gasteiger partial charge in [0.15, 0.2) is 0 Å². The van der Waals surface area contributed by atoms with E-state index in [9.17, 15) is 17.2 Å². The van der Waals surface area contributed by atoms with E-state index >= 15 is 0 Å². The summed E-state index contributed by atoms with van der Waals surface area (Å²) >= 11 is 0. The van der Waals surface area contributed by atoms with Crippen LogP contribution >= 0.6 is 0 Å². The molecule has 0 saturated heterocycles. The van der Waals surface area contributed by atoms with Gasteiger partial charge in [-0.15, -0.1) is 0 Å². The molecule has 0 fully saturated rings. The van der Waals surface area contributed by atoms with Crippen molar-refractivity contribution in [2.24, 2.45) is 0 Å². The highest BCUT2D eigenvalue weighted by Crippen LogP contribution is 2.20. The number of nitrogens with one attached hydrogen (secondary N) is 1. The van der Waals surface area contributed by atoms with Crippen molar-refractivity contribution in [3.63, 3.8) is 0 Å². The molecule has 2 rings (SSSR count). The number of hydrogen-bond acceptors (Lipinski definition) is 4. The SMILES string of the molecule is N#Cc1ccc(NS(=O)(=O)c2cncc(F)c2)c(F)c1. The molecule has 5 nitrogen and oxygen atoms in total. The lowest BCUT2D eigenvalue weighted by Gasteiger charge is -2.08. The molecule has 0 saturated carbocycles. The quantitative estimate of drug-likeness (QED) is 0.939. The maximum atomic E-state index is 13.6. The van der Waals surface area contributed by atoms with Gasteiger partial charge in [-0.1, -0.05) is 0 Å². The number of benzene rings is 1. The lowest BCUT2D eigenvalue weighted by molar-refractivity contribution is 0.590. The van der Waals surface area contributed by atoms with Gasteiger partial charge in [0.05, 0.1) is 23.5 Å². The highest BCUT2D eigenvalue weighted by Gasteiger charge is 2.17. The fraction of sp³-hybridized carbons (Fsp3) is 0. The third-order valence-electron chi connectivity index (χ3n) is 2.33. The minimum absolute atomic E-state index is 0.0536. The van der Waals surface area contributed by atoms with E-state index in [1.54, 1.807) is 6.07 Å². The van der Waals surface area contributed by atoms with Gasteiger partial charge in [-0.25, -0.2) is 17.2 Å². The van der Waals surface area contributed by atoms with Gasteiger partial charge in [0.2, 0.25) is 0 Å². The van der Waals surface area contributed by atoms with E-state index in [4.69, 9.17) is 5.26 Å². The van der Waals surface area contributed by atoms with E-state index < -0.39 is 26.6 Å². The molecule has 1 aromatic heterocycles. The number of halogens is 2. The van der Waals surface area contributed by atoms with E-state index in [2.05, 4.69) is 4.98 Å². The first-order chi connectivity index (χ1) is 9.42. The van der Waals surface area contributed by atoms with E-state index in [1.807, 2.05) is 4.72 Å². The largest absolute Gasteiger partial charge is 0.277 e. The normalized spacial score (nSPS) is 10.8. The molecule has 20 heavy (non-hydrogen) atoms. The Morgan fingerprint density at radius 2 is 1.95 bits per heavy atom. The van der Waals surface area contributed by atoms with Crippen LogP contribution in [-0.2, 0) is 10.0 Å². The van der Waals surface area contributed by atoms with Crippen LogP contribution in [0.5, 0.6) is 0 Å². The Labute approximate surface area is 113 Å². The maximum absolute atomic E-state index is 13.6. The second-order valence-corrected chi connectivity index (χ2v) is 5.43.